The van der Waals surface area contributed by atoms with E-state index in [9.17, 15) is 19.1 Å². The second kappa shape index (κ2) is 5.47. The fraction of sp³-hybridized carbons (Fsp3) is 0.500. The molecule has 0 spiro atoms. The largest absolute Gasteiger partial charge is 0.480 e. The number of halogens is 1. The molecule has 1 N–H and O–H groups in total. The van der Waals surface area contributed by atoms with Crippen molar-refractivity contribution in [3.63, 3.8) is 0 Å². The lowest BCUT2D eigenvalue weighted by Crippen LogP contribution is -2.43. The van der Waals surface area contributed by atoms with Crippen molar-refractivity contribution in [2.75, 3.05) is 6.54 Å². The minimum Gasteiger partial charge on any atom is -0.480 e. The smallest absolute Gasteiger partial charge is 0.326 e. The summed E-state index contributed by atoms with van der Waals surface area (Å²) in [7, 11) is 0. The molecule has 2 aliphatic rings. The zero-order chi connectivity index (χ0) is 15.0. The van der Waals surface area contributed by atoms with Crippen molar-refractivity contribution < 1.29 is 19.1 Å². The highest BCUT2D eigenvalue weighted by Gasteiger charge is 2.49. The van der Waals surface area contributed by atoms with Gasteiger partial charge in [0, 0.05) is 6.54 Å². The van der Waals surface area contributed by atoms with Crippen molar-refractivity contribution in [3.05, 3.63) is 35.6 Å². The van der Waals surface area contributed by atoms with E-state index in [4.69, 9.17) is 0 Å². The molecule has 1 aromatic carbocycles. The summed E-state index contributed by atoms with van der Waals surface area (Å²) in [6.07, 6.45) is 3.08. The first-order valence-electron chi connectivity index (χ1n) is 7.33. The van der Waals surface area contributed by atoms with Crippen molar-refractivity contribution in [3.8, 4) is 0 Å². The molecule has 1 aliphatic carbocycles. The number of rotatable bonds is 3. The Balaban J connectivity index is 1.74. The van der Waals surface area contributed by atoms with E-state index in [1.54, 1.807) is 12.1 Å². The second-order valence-electron chi connectivity index (χ2n) is 5.99. The zero-order valence-corrected chi connectivity index (χ0v) is 11.7. The topological polar surface area (TPSA) is 57.6 Å². The molecule has 112 valence electrons. The molecule has 21 heavy (non-hydrogen) atoms. The van der Waals surface area contributed by atoms with Crippen LogP contribution in [0, 0.1) is 17.7 Å². The van der Waals surface area contributed by atoms with Crippen LogP contribution in [0.15, 0.2) is 24.3 Å². The lowest BCUT2D eigenvalue weighted by molar-refractivity contribution is -0.149. The van der Waals surface area contributed by atoms with Crippen LogP contribution in [0.1, 0.15) is 24.8 Å². The number of likely N-dealkylation sites (tertiary alicyclic amines) is 1. The van der Waals surface area contributed by atoms with Crippen LogP contribution >= 0.6 is 0 Å². The minimum absolute atomic E-state index is 0.0969. The van der Waals surface area contributed by atoms with E-state index in [1.807, 2.05) is 0 Å². The third-order valence-corrected chi connectivity index (χ3v) is 4.73. The molecule has 3 atom stereocenters. The Morgan fingerprint density at radius 2 is 1.95 bits per heavy atom. The summed E-state index contributed by atoms with van der Waals surface area (Å²) < 4.78 is 12.9. The van der Waals surface area contributed by atoms with Crippen LogP contribution in [0.5, 0.6) is 0 Å². The maximum absolute atomic E-state index is 12.9. The van der Waals surface area contributed by atoms with Gasteiger partial charge in [0.1, 0.15) is 11.9 Å². The summed E-state index contributed by atoms with van der Waals surface area (Å²) in [5.74, 6) is -1.01. The van der Waals surface area contributed by atoms with Crippen molar-refractivity contribution in [2.45, 2.75) is 31.7 Å². The lowest BCUT2D eigenvalue weighted by Gasteiger charge is -2.24. The van der Waals surface area contributed by atoms with Crippen LogP contribution < -0.4 is 0 Å². The van der Waals surface area contributed by atoms with Gasteiger partial charge < -0.3 is 10.0 Å². The van der Waals surface area contributed by atoms with Gasteiger partial charge in [-0.1, -0.05) is 18.6 Å². The molecule has 1 aliphatic heterocycles. The Hall–Kier alpha value is -1.91. The van der Waals surface area contributed by atoms with Crippen LogP contribution in [-0.4, -0.2) is 34.5 Å². The standard InChI is InChI=1S/C16H18FNO3/c17-12-6-4-10(5-7-12)8-14(19)18-9-11-2-1-3-13(11)15(18)16(20)21/h4-7,11,13,15H,1-3,8-9H2,(H,20,21). The highest BCUT2D eigenvalue weighted by molar-refractivity contribution is 5.86. The van der Waals surface area contributed by atoms with E-state index in [-0.39, 0.29) is 24.1 Å². The molecule has 0 bridgehead atoms. The number of nitrogens with zero attached hydrogens (tertiary/aromatic N) is 1. The van der Waals surface area contributed by atoms with E-state index in [0.29, 0.717) is 18.0 Å². The molecule has 1 saturated heterocycles. The van der Waals surface area contributed by atoms with Gasteiger partial charge in [0.15, 0.2) is 0 Å². The molecule has 4 nitrogen and oxygen atoms in total. The third-order valence-electron chi connectivity index (χ3n) is 4.73. The number of carbonyl (C=O) groups is 2. The molecule has 5 heteroatoms. The van der Waals surface area contributed by atoms with Crippen LogP contribution in [0.2, 0.25) is 0 Å². The molecule has 0 radical (unpaired) electrons. The number of benzene rings is 1. The lowest BCUT2D eigenvalue weighted by atomic mass is 9.94. The molecule has 1 aromatic rings. The van der Waals surface area contributed by atoms with Gasteiger partial charge in [0.05, 0.1) is 6.42 Å². The molecular weight excluding hydrogens is 273 g/mol. The van der Waals surface area contributed by atoms with E-state index >= 15 is 0 Å². The average molecular weight is 291 g/mol. The summed E-state index contributed by atoms with van der Waals surface area (Å²) in [6, 6.07) is 5.08. The van der Waals surface area contributed by atoms with Gasteiger partial charge in [0.2, 0.25) is 5.91 Å². The van der Waals surface area contributed by atoms with Gasteiger partial charge in [-0.05, 0) is 42.4 Å². The van der Waals surface area contributed by atoms with Crippen molar-refractivity contribution in [1.82, 2.24) is 4.90 Å². The number of carboxylic acid groups (broad SMARTS) is 1. The number of hydrogen-bond donors (Lipinski definition) is 1. The average Bonchev–Trinajstić information content (AvgIpc) is 3.00. The molecule has 1 saturated carbocycles. The predicted molar refractivity (Wildman–Crippen MR) is 74.1 cm³/mol. The highest BCUT2D eigenvalue weighted by atomic mass is 19.1. The van der Waals surface area contributed by atoms with E-state index in [1.165, 1.54) is 17.0 Å². The first-order chi connectivity index (χ1) is 10.1. The van der Waals surface area contributed by atoms with Crippen LogP contribution in [-0.2, 0) is 16.0 Å². The molecule has 2 fully saturated rings. The Kier molecular flexibility index (Phi) is 3.66. The first kappa shape index (κ1) is 14.0. The molecule has 1 amide bonds. The molecule has 3 unspecified atom stereocenters. The summed E-state index contributed by atoms with van der Waals surface area (Å²) in [5.41, 5.74) is 0.711. The van der Waals surface area contributed by atoms with Gasteiger partial charge in [-0.3, -0.25) is 4.79 Å². The second-order valence-corrected chi connectivity index (χ2v) is 5.99. The van der Waals surface area contributed by atoms with Gasteiger partial charge in [-0.15, -0.1) is 0 Å². The first-order valence-corrected chi connectivity index (χ1v) is 7.33. The maximum atomic E-state index is 12.9. The van der Waals surface area contributed by atoms with Crippen LogP contribution in [0.25, 0.3) is 0 Å². The molecule has 1 heterocycles. The van der Waals surface area contributed by atoms with Gasteiger partial charge >= 0.3 is 5.97 Å². The van der Waals surface area contributed by atoms with Gasteiger partial charge in [-0.25, -0.2) is 9.18 Å². The summed E-state index contributed by atoms with van der Waals surface area (Å²) in [6.45, 7) is 0.543. The van der Waals surface area contributed by atoms with Gasteiger partial charge in [0.25, 0.3) is 0 Å². The predicted octanol–water partition coefficient (Wildman–Crippen LogP) is 2.08. The quantitative estimate of drug-likeness (QED) is 0.927. The Bertz CT molecular complexity index is 557. The van der Waals surface area contributed by atoms with E-state index in [0.717, 1.165) is 19.3 Å². The summed E-state index contributed by atoms with van der Waals surface area (Å²) in [4.78, 5) is 25.4. The number of carbonyl (C=O) groups excluding carboxylic acids is 1. The monoisotopic (exact) mass is 291 g/mol. The fourth-order valence-electron chi connectivity index (χ4n) is 3.76. The molecular formula is C16H18FNO3. The van der Waals surface area contributed by atoms with Crippen LogP contribution in [0.3, 0.4) is 0 Å². The Morgan fingerprint density at radius 1 is 1.24 bits per heavy atom. The fourth-order valence-corrected chi connectivity index (χ4v) is 3.76. The summed E-state index contributed by atoms with van der Waals surface area (Å²) in [5, 5.41) is 9.44. The van der Waals surface area contributed by atoms with E-state index in [2.05, 4.69) is 0 Å². The third kappa shape index (κ3) is 2.64. The molecule has 0 aromatic heterocycles. The minimum atomic E-state index is -0.906. The van der Waals surface area contributed by atoms with E-state index < -0.39 is 12.0 Å². The van der Waals surface area contributed by atoms with Crippen molar-refractivity contribution in [1.29, 1.82) is 0 Å². The van der Waals surface area contributed by atoms with Crippen LogP contribution in [0.4, 0.5) is 4.39 Å². The number of carboxylic acids is 1. The number of fused-ring (bicyclic) bond motifs is 1. The SMILES string of the molecule is O=C(O)C1C2CCCC2CN1C(=O)Cc1ccc(F)cc1. The molecule has 3 rings (SSSR count). The number of aliphatic carboxylic acids is 1. The number of amides is 1. The van der Waals surface area contributed by atoms with Crippen molar-refractivity contribution >= 4 is 11.9 Å². The Morgan fingerprint density at radius 3 is 2.62 bits per heavy atom. The number of hydrogen-bond acceptors (Lipinski definition) is 2. The normalized spacial score (nSPS) is 27.7. The zero-order valence-electron chi connectivity index (χ0n) is 11.7. The van der Waals surface area contributed by atoms with Gasteiger partial charge in [-0.2, -0.15) is 0 Å². The maximum Gasteiger partial charge on any atom is 0.326 e. The summed E-state index contributed by atoms with van der Waals surface area (Å²) >= 11 is 0. The Labute approximate surface area is 122 Å². The highest BCUT2D eigenvalue weighted by Crippen LogP contribution is 2.42. The van der Waals surface area contributed by atoms with Crippen molar-refractivity contribution in [2.24, 2.45) is 11.8 Å².